The Bertz CT molecular complexity index is 963. The van der Waals surface area contributed by atoms with Gasteiger partial charge in [0.05, 0.1) is 29.8 Å². The highest BCUT2D eigenvalue weighted by atomic mass is 79.9. The Labute approximate surface area is 183 Å². The van der Waals surface area contributed by atoms with Crippen LogP contribution in [0, 0.1) is 0 Å². The zero-order valence-electron chi connectivity index (χ0n) is 16.3. The predicted octanol–water partition coefficient (Wildman–Crippen LogP) is 4.29. The summed E-state index contributed by atoms with van der Waals surface area (Å²) in [5.41, 5.74) is 2.77. The molecule has 1 aliphatic heterocycles. The van der Waals surface area contributed by atoms with Crippen LogP contribution in [-0.4, -0.2) is 24.7 Å². The van der Waals surface area contributed by atoms with E-state index in [0.29, 0.717) is 34.5 Å². The quantitative estimate of drug-likeness (QED) is 0.541. The van der Waals surface area contributed by atoms with Gasteiger partial charge in [-0.1, -0.05) is 18.2 Å². The SMILES string of the molecule is CCOc1c(Br)cc(C2NC(=S)NC(C)=C2C(=O)Nc2ccccc2)cc1OC. The second-order valence-corrected chi connectivity index (χ2v) is 7.62. The summed E-state index contributed by atoms with van der Waals surface area (Å²) < 4.78 is 11.9. The second-order valence-electron chi connectivity index (χ2n) is 6.36. The van der Waals surface area contributed by atoms with E-state index in [1.165, 1.54) is 0 Å². The van der Waals surface area contributed by atoms with Crippen LogP contribution in [0.1, 0.15) is 25.5 Å². The molecule has 1 heterocycles. The van der Waals surface area contributed by atoms with Gasteiger partial charge in [-0.25, -0.2) is 0 Å². The van der Waals surface area contributed by atoms with Crippen molar-refractivity contribution in [1.29, 1.82) is 0 Å². The summed E-state index contributed by atoms with van der Waals surface area (Å²) in [4.78, 5) is 13.1. The lowest BCUT2D eigenvalue weighted by atomic mass is 9.94. The van der Waals surface area contributed by atoms with Crippen molar-refractivity contribution in [3.05, 3.63) is 63.8 Å². The number of methoxy groups -OCH3 is 1. The van der Waals surface area contributed by atoms with E-state index >= 15 is 0 Å². The normalized spacial score (nSPS) is 16.0. The highest BCUT2D eigenvalue weighted by Crippen LogP contribution is 2.40. The number of para-hydroxylation sites is 1. The van der Waals surface area contributed by atoms with Crippen molar-refractivity contribution in [3.8, 4) is 11.5 Å². The van der Waals surface area contributed by atoms with Gasteiger partial charge in [0.2, 0.25) is 0 Å². The number of anilines is 1. The van der Waals surface area contributed by atoms with Crippen LogP contribution in [0.15, 0.2) is 58.2 Å². The summed E-state index contributed by atoms with van der Waals surface area (Å²) in [5, 5.41) is 9.63. The van der Waals surface area contributed by atoms with Gasteiger partial charge in [0.1, 0.15) is 0 Å². The molecule has 2 aromatic rings. The second kappa shape index (κ2) is 9.28. The summed E-state index contributed by atoms with van der Waals surface area (Å²) in [6.07, 6.45) is 0. The Morgan fingerprint density at radius 1 is 1.28 bits per heavy atom. The molecule has 1 atom stereocenters. The Morgan fingerprint density at radius 3 is 2.66 bits per heavy atom. The predicted molar refractivity (Wildman–Crippen MR) is 121 cm³/mol. The third-order valence-corrected chi connectivity index (χ3v) is 5.23. The van der Waals surface area contributed by atoms with Gasteiger partial charge in [-0.05, 0) is 71.8 Å². The molecule has 0 bridgehead atoms. The first-order valence-corrected chi connectivity index (χ1v) is 10.3. The lowest BCUT2D eigenvalue weighted by molar-refractivity contribution is -0.113. The van der Waals surface area contributed by atoms with Gasteiger partial charge in [-0.15, -0.1) is 0 Å². The number of ether oxygens (including phenoxy) is 2. The number of carbonyl (C=O) groups excluding carboxylic acids is 1. The lowest BCUT2D eigenvalue weighted by Crippen LogP contribution is -2.45. The molecule has 1 aliphatic rings. The van der Waals surface area contributed by atoms with Crippen LogP contribution in [0.5, 0.6) is 11.5 Å². The molecule has 8 heteroatoms. The van der Waals surface area contributed by atoms with Gasteiger partial charge in [-0.3, -0.25) is 4.79 Å². The number of halogens is 1. The largest absolute Gasteiger partial charge is 0.493 e. The number of allylic oxidation sites excluding steroid dienone is 1. The first kappa shape index (κ1) is 21.1. The van der Waals surface area contributed by atoms with Gasteiger partial charge in [-0.2, -0.15) is 0 Å². The van der Waals surface area contributed by atoms with E-state index in [4.69, 9.17) is 21.7 Å². The van der Waals surface area contributed by atoms with Gasteiger partial charge in [0.25, 0.3) is 5.91 Å². The topological polar surface area (TPSA) is 71.6 Å². The Balaban J connectivity index is 2.01. The minimum atomic E-state index is -0.451. The maximum atomic E-state index is 13.1. The maximum absolute atomic E-state index is 13.1. The Hall–Kier alpha value is -2.58. The summed E-state index contributed by atoms with van der Waals surface area (Å²) in [7, 11) is 1.58. The number of carbonyl (C=O) groups is 1. The molecule has 29 heavy (non-hydrogen) atoms. The van der Waals surface area contributed by atoms with E-state index in [1.807, 2.05) is 56.3 Å². The van der Waals surface area contributed by atoms with Crippen molar-refractivity contribution in [2.75, 3.05) is 19.0 Å². The molecule has 0 aromatic heterocycles. The van der Waals surface area contributed by atoms with E-state index in [1.54, 1.807) is 7.11 Å². The van der Waals surface area contributed by atoms with Crippen LogP contribution < -0.4 is 25.4 Å². The number of benzene rings is 2. The van der Waals surface area contributed by atoms with Crippen LogP contribution in [0.4, 0.5) is 5.69 Å². The molecular weight excluding hydrogens is 454 g/mol. The zero-order chi connectivity index (χ0) is 21.0. The average Bonchev–Trinajstić information content (AvgIpc) is 2.69. The first-order valence-electron chi connectivity index (χ1n) is 9.09. The van der Waals surface area contributed by atoms with Gasteiger partial charge >= 0.3 is 0 Å². The van der Waals surface area contributed by atoms with Crippen molar-refractivity contribution in [2.24, 2.45) is 0 Å². The number of amides is 1. The minimum absolute atomic E-state index is 0.217. The Morgan fingerprint density at radius 2 is 2.00 bits per heavy atom. The molecule has 3 rings (SSSR count). The van der Waals surface area contributed by atoms with Crippen LogP contribution in [-0.2, 0) is 4.79 Å². The zero-order valence-corrected chi connectivity index (χ0v) is 18.7. The average molecular weight is 476 g/mol. The molecular formula is C21H22BrN3O3S. The maximum Gasteiger partial charge on any atom is 0.255 e. The van der Waals surface area contributed by atoms with Crippen molar-refractivity contribution >= 4 is 44.9 Å². The van der Waals surface area contributed by atoms with Crippen molar-refractivity contribution in [2.45, 2.75) is 19.9 Å². The molecule has 0 radical (unpaired) electrons. The molecule has 3 N–H and O–H groups in total. The molecule has 6 nitrogen and oxygen atoms in total. The molecule has 0 fully saturated rings. The molecule has 152 valence electrons. The van der Waals surface area contributed by atoms with Crippen molar-refractivity contribution in [1.82, 2.24) is 10.6 Å². The van der Waals surface area contributed by atoms with Crippen LogP contribution in [0.25, 0.3) is 0 Å². The number of nitrogens with one attached hydrogen (secondary N) is 3. The third-order valence-electron chi connectivity index (χ3n) is 4.42. The highest BCUT2D eigenvalue weighted by molar-refractivity contribution is 9.10. The summed E-state index contributed by atoms with van der Waals surface area (Å²) >= 11 is 8.88. The summed E-state index contributed by atoms with van der Waals surface area (Å²) in [5.74, 6) is 0.972. The Kier molecular flexibility index (Phi) is 6.76. The monoisotopic (exact) mass is 475 g/mol. The molecule has 0 saturated heterocycles. The highest BCUT2D eigenvalue weighted by Gasteiger charge is 2.31. The molecule has 0 spiro atoms. The van der Waals surface area contributed by atoms with Gasteiger partial charge in [0.15, 0.2) is 16.6 Å². The first-order chi connectivity index (χ1) is 13.9. The smallest absolute Gasteiger partial charge is 0.255 e. The van der Waals surface area contributed by atoms with Gasteiger partial charge < -0.3 is 25.4 Å². The fraction of sp³-hybridized carbons (Fsp3) is 0.238. The van der Waals surface area contributed by atoms with E-state index in [9.17, 15) is 4.79 Å². The number of hydrogen-bond donors (Lipinski definition) is 3. The lowest BCUT2D eigenvalue weighted by Gasteiger charge is -2.31. The summed E-state index contributed by atoms with van der Waals surface area (Å²) in [6, 6.07) is 12.6. The van der Waals surface area contributed by atoms with Crippen LogP contribution in [0.2, 0.25) is 0 Å². The third kappa shape index (κ3) is 4.71. The minimum Gasteiger partial charge on any atom is -0.493 e. The number of rotatable bonds is 6. The summed E-state index contributed by atoms with van der Waals surface area (Å²) in [6.45, 7) is 4.25. The number of hydrogen-bond acceptors (Lipinski definition) is 4. The van der Waals surface area contributed by atoms with Crippen molar-refractivity contribution < 1.29 is 14.3 Å². The molecule has 0 aliphatic carbocycles. The fourth-order valence-corrected chi connectivity index (χ4v) is 4.00. The van der Waals surface area contributed by atoms with Crippen molar-refractivity contribution in [3.63, 3.8) is 0 Å². The molecule has 1 unspecified atom stereocenters. The van der Waals surface area contributed by atoms with Crippen LogP contribution in [0.3, 0.4) is 0 Å². The van der Waals surface area contributed by atoms with Gasteiger partial charge in [0, 0.05) is 11.4 Å². The standard InChI is InChI=1S/C21H22BrN3O3S/c1-4-28-19-15(22)10-13(11-16(19)27-3)18-17(12(2)23-21(29)25-18)20(26)24-14-8-6-5-7-9-14/h5-11,18H,4H2,1-3H3,(H,24,26)(H2,23,25,29). The van der Waals surface area contributed by atoms with E-state index < -0.39 is 6.04 Å². The van der Waals surface area contributed by atoms with E-state index in [2.05, 4.69) is 31.9 Å². The molecule has 2 aromatic carbocycles. The van der Waals surface area contributed by atoms with Crippen LogP contribution >= 0.6 is 28.1 Å². The van der Waals surface area contributed by atoms with E-state index in [0.717, 1.165) is 15.7 Å². The van der Waals surface area contributed by atoms with E-state index in [-0.39, 0.29) is 5.91 Å². The molecule has 0 saturated carbocycles. The number of thiocarbonyl (C=S) groups is 1. The molecule has 1 amide bonds. The fourth-order valence-electron chi connectivity index (χ4n) is 3.16.